The summed E-state index contributed by atoms with van der Waals surface area (Å²) < 4.78 is 5.77. The van der Waals surface area contributed by atoms with Crippen molar-refractivity contribution in [3.63, 3.8) is 0 Å². The molecule has 3 N–H and O–H groups in total. The lowest BCUT2D eigenvalue weighted by Crippen LogP contribution is -2.38. The number of aliphatic hydroxyl groups excluding tert-OH is 2. The van der Waals surface area contributed by atoms with Gasteiger partial charge in [-0.25, -0.2) is 9.97 Å². The smallest absolute Gasteiger partial charge is 0.166 e. The normalized spacial score (nSPS) is 24.2. The van der Waals surface area contributed by atoms with Crippen LogP contribution in [-0.2, 0) is 13.0 Å². The van der Waals surface area contributed by atoms with Crippen LogP contribution in [0.1, 0.15) is 45.1 Å². The summed E-state index contributed by atoms with van der Waals surface area (Å²) in [7, 11) is 0. The van der Waals surface area contributed by atoms with Crippen molar-refractivity contribution in [2.24, 2.45) is 17.3 Å². The summed E-state index contributed by atoms with van der Waals surface area (Å²) >= 11 is 0. The molecule has 3 rings (SSSR count). The molecule has 0 bridgehead atoms. The van der Waals surface area contributed by atoms with E-state index >= 15 is 0 Å². The molecule has 30 heavy (non-hydrogen) atoms. The lowest BCUT2D eigenvalue weighted by atomic mass is 9.88. The molecule has 1 heterocycles. The number of benzene rings is 1. The second-order valence-corrected chi connectivity index (χ2v) is 9.45. The van der Waals surface area contributed by atoms with Crippen molar-refractivity contribution >= 4 is 0 Å². The highest BCUT2D eigenvalue weighted by Gasteiger charge is 2.42. The summed E-state index contributed by atoms with van der Waals surface area (Å²) in [6.07, 6.45) is 3.68. The van der Waals surface area contributed by atoms with Crippen LogP contribution in [0.5, 0.6) is 5.75 Å². The maximum absolute atomic E-state index is 10.5. The van der Waals surface area contributed by atoms with Crippen molar-refractivity contribution < 1.29 is 14.9 Å². The van der Waals surface area contributed by atoms with Crippen molar-refractivity contribution in [3.8, 4) is 5.75 Å². The van der Waals surface area contributed by atoms with Gasteiger partial charge in [0.25, 0.3) is 0 Å². The first-order valence-corrected chi connectivity index (χ1v) is 10.9. The zero-order chi connectivity index (χ0) is 21.6. The number of hydrogen-bond donors (Lipinski definition) is 3. The van der Waals surface area contributed by atoms with E-state index in [1.165, 1.54) is 0 Å². The summed E-state index contributed by atoms with van der Waals surface area (Å²) in [5.41, 5.74) is 1.17. The molecule has 1 fully saturated rings. The van der Waals surface area contributed by atoms with Crippen LogP contribution >= 0.6 is 0 Å². The molecule has 1 saturated carbocycles. The van der Waals surface area contributed by atoms with Gasteiger partial charge in [-0.15, -0.1) is 0 Å². The first-order chi connectivity index (χ1) is 14.4. The molecule has 1 aromatic heterocycles. The highest BCUT2D eigenvalue weighted by molar-refractivity contribution is 5.21. The third-order valence-corrected chi connectivity index (χ3v) is 5.87. The maximum Gasteiger partial charge on any atom is 0.166 e. The summed E-state index contributed by atoms with van der Waals surface area (Å²) in [5.74, 6) is 1.40. The summed E-state index contributed by atoms with van der Waals surface area (Å²) in [5, 5.41) is 24.0. The lowest BCUT2D eigenvalue weighted by molar-refractivity contribution is 0.0715. The number of aliphatic hydroxyl groups is 2. The van der Waals surface area contributed by atoms with Crippen LogP contribution in [0.3, 0.4) is 0 Å². The fourth-order valence-electron chi connectivity index (χ4n) is 4.14. The highest BCUT2D eigenvalue weighted by Crippen LogP contribution is 2.35. The van der Waals surface area contributed by atoms with E-state index in [0.717, 1.165) is 24.4 Å². The molecular weight excluding hydrogens is 378 g/mol. The second-order valence-electron chi connectivity index (χ2n) is 9.45. The van der Waals surface area contributed by atoms with E-state index in [0.29, 0.717) is 25.3 Å². The molecule has 0 radical (unpaired) electrons. The third kappa shape index (κ3) is 6.49. The summed E-state index contributed by atoms with van der Waals surface area (Å²) in [4.78, 5) is 9.00. The van der Waals surface area contributed by atoms with Gasteiger partial charge < -0.3 is 20.3 Å². The van der Waals surface area contributed by atoms with Crippen molar-refractivity contribution in [1.29, 1.82) is 0 Å². The molecule has 1 aliphatic carbocycles. The molecule has 0 unspecified atom stereocenters. The van der Waals surface area contributed by atoms with Crippen LogP contribution in [0.15, 0.2) is 42.6 Å². The molecule has 0 spiro atoms. The SMILES string of the molecule is CC(C)(C)CCN[C@@H]1C[C@@H](O)[C@H](CO)[C@H]1Cc1ccnc(COc2ccccc2)n1. The second kappa shape index (κ2) is 10.3. The van der Waals surface area contributed by atoms with Crippen molar-refractivity contribution in [1.82, 2.24) is 15.3 Å². The van der Waals surface area contributed by atoms with Crippen molar-refractivity contribution in [2.75, 3.05) is 13.2 Å². The zero-order valence-corrected chi connectivity index (χ0v) is 18.3. The molecule has 6 nitrogen and oxygen atoms in total. The van der Waals surface area contributed by atoms with Gasteiger partial charge in [-0.05, 0) is 55.3 Å². The molecule has 164 valence electrons. The average molecular weight is 414 g/mol. The largest absolute Gasteiger partial charge is 0.486 e. The molecule has 4 atom stereocenters. The number of hydrogen-bond acceptors (Lipinski definition) is 6. The number of nitrogens with zero attached hydrogens (tertiary/aromatic N) is 2. The standard InChI is InChI=1S/C24H35N3O3/c1-24(2,3)10-12-25-21-14-22(29)20(15-28)19(21)13-17-9-11-26-23(27-17)16-30-18-7-5-4-6-8-18/h4-9,11,19-22,25,28-29H,10,12-16H2,1-3H3/t19-,20-,21-,22-/m1/s1. The van der Waals surface area contributed by atoms with E-state index in [-0.39, 0.29) is 29.9 Å². The zero-order valence-electron chi connectivity index (χ0n) is 18.3. The number of nitrogens with one attached hydrogen (secondary N) is 1. The van der Waals surface area contributed by atoms with E-state index < -0.39 is 6.10 Å². The van der Waals surface area contributed by atoms with Gasteiger partial charge in [0.15, 0.2) is 5.82 Å². The predicted octanol–water partition coefficient (Wildman–Crippen LogP) is 2.98. The predicted molar refractivity (Wildman–Crippen MR) is 117 cm³/mol. The minimum Gasteiger partial charge on any atom is -0.486 e. The molecule has 0 amide bonds. The number of ether oxygens (including phenoxy) is 1. The summed E-state index contributed by atoms with van der Waals surface area (Å²) in [6.45, 7) is 7.88. The van der Waals surface area contributed by atoms with E-state index in [9.17, 15) is 10.2 Å². The van der Waals surface area contributed by atoms with Gasteiger partial charge in [0.1, 0.15) is 12.4 Å². The number of para-hydroxylation sites is 1. The van der Waals surface area contributed by atoms with E-state index in [1.807, 2.05) is 36.4 Å². The first kappa shape index (κ1) is 22.7. The summed E-state index contributed by atoms with van der Waals surface area (Å²) in [6, 6.07) is 11.7. The Bertz CT molecular complexity index is 779. The van der Waals surface area contributed by atoms with Gasteiger partial charge in [-0.2, -0.15) is 0 Å². The van der Waals surface area contributed by atoms with Gasteiger partial charge in [-0.1, -0.05) is 39.0 Å². The Morgan fingerprint density at radius 3 is 2.60 bits per heavy atom. The minimum atomic E-state index is -0.491. The monoisotopic (exact) mass is 413 g/mol. The van der Waals surface area contributed by atoms with Gasteiger partial charge in [-0.3, -0.25) is 0 Å². The van der Waals surface area contributed by atoms with Crippen LogP contribution in [0.4, 0.5) is 0 Å². The third-order valence-electron chi connectivity index (χ3n) is 5.87. The Morgan fingerprint density at radius 2 is 1.90 bits per heavy atom. The topological polar surface area (TPSA) is 87.5 Å². The minimum absolute atomic E-state index is 0.0155. The number of rotatable bonds is 9. The van der Waals surface area contributed by atoms with E-state index in [2.05, 4.69) is 36.1 Å². The Labute approximate surface area is 179 Å². The van der Waals surface area contributed by atoms with Crippen molar-refractivity contribution in [2.45, 2.75) is 58.8 Å². The quantitative estimate of drug-likeness (QED) is 0.586. The Balaban J connectivity index is 1.64. The molecule has 1 aromatic carbocycles. The molecule has 0 saturated heterocycles. The molecule has 1 aliphatic rings. The van der Waals surface area contributed by atoms with Gasteiger partial charge in [0.2, 0.25) is 0 Å². The van der Waals surface area contributed by atoms with E-state index in [4.69, 9.17) is 4.74 Å². The first-order valence-electron chi connectivity index (χ1n) is 10.9. The van der Waals surface area contributed by atoms with Crippen LogP contribution in [0.2, 0.25) is 0 Å². The molecule has 6 heteroatoms. The van der Waals surface area contributed by atoms with Gasteiger partial charge >= 0.3 is 0 Å². The van der Waals surface area contributed by atoms with Gasteiger partial charge in [0, 0.05) is 30.5 Å². The number of aromatic nitrogens is 2. The Hall–Kier alpha value is -2.02. The molecule has 0 aliphatic heterocycles. The Kier molecular flexibility index (Phi) is 7.81. The van der Waals surface area contributed by atoms with Crippen molar-refractivity contribution in [3.05, 3.63) is 54.1 Å². The average Bonchev–Trinajstić information content (AvgIpc) is 3.00. The lowest BCUT2D eigenvalue weighted by Gasteiger charge is -2.26. The van der Waals surface area contributed by atoms with Gasteiger partial charge in [0.05, 0.1) is 6.10 Å². The molecule has 2 aromatic rings. The van der Waals surface area contributed by atoms with Crippen LogP contribution < -0.4 is 10.1 Å². The van der Waals surface area contributed by atoms with Crippen LogP contribution in [0, 0.1) is 17.3 Å². The maximum atomic E-state index is 10.5. The van der Waals surface area contributed by atoms with E-state index in [1.54, 1.807) is 6.20 Å². The Morgan fingerprint density at radius 1 is 1.13 bits per heavy atom. The highest BCUT2D eigenvalue weighted by atomic mass is 16.5. The van der Waals surface area contributed by atoms with Crippen LogP contribution in [0.25, 0.3) is 0 Å². The fourth-order valence-corrected chi connectivity index (χ4v) is 4.14. The van der Waals surface area contributed by atoms with Crippen LogP contribution in [-0.4, -0.2) is 45.5 Å². The fraction of sp³-hybridized carbons (Fsp3) is 0.583. The molecular formula is C24H35N3O3.